The predicted molar refractivity (Wildman–Crippen MR) is 53.9 cm³/mol. The molecule has 0 aromatic heterocycles. The molecule has 0 amide bonds. The van der Waals surface area contributed by atoms with Crippen LogP contribution in [0.15, 0.2) is 18.2 Å². The maximum atomic E-state index is 11.0. The summed E-state index contributed by atoms with van der Waals surface area (Å²) in [5, 5.41) is 8.45. The summed E-state index contributed by atoms with van der Waals surface area (Å²) >= 11 is 17.0. The molecule has 6 heteroatoms. The Morgan fingerprint density at radius 1 is 1.43 bits per heavy atom. The number of halogens is 3. The van der Waals surface area contributed by atoms with Crippen LogP contribution in [0.4, 0.5) is 0 Å². The molecular formula is C8H5Cl3O3. The van der Waals surface area contributed by atoms with Gasteiger partial charge < -0.3 is 0 Å². The van der Waals surface area contributed by atoms with E-state index in [-0.39, 0.29) is 16.1 Å². The summed E-state index contributed by atoms with van der Waals surface area (Å²) in [6.07, 6.45) is 0. The van der Waals surface area contributed by atoms with Gasteiger partial charge in [-0.3, -0.25) is 4.89 Å². The van der Waals surface area contributed by atoms with Gasteiger partial charge in [0.25, 0.3) is 0 Å². The monoisotopic (exact) mass is 254 g/mol. The molecule has 0 saturated carbocycles. The smallest absolute Gasteiger partial charge is 0.295 e. The average Bonchev–Trinajstić information content (AvgIpc) is 2.15. The Bertz CT molecular complexity index is 352. The van der Waals surface area contributed by atoms with Crippen molar-refractivity contribution in [3.8, 4) is 0 Å². The third-order valence-corrected chi connectivity index (χ3v) is 2.34. The molecule has 3 nitrogen and oxygen atoms in total. The van der Waals surface area contributed by atoms with Gasteiger partial charge >= 0.3 is 5.97 Å². The highest BCUT2D eigenvalue weighted by atomic mass is 35.5. The summed E-state index contributed by atoms with van der Waals surface area (Å²) in [5.74, 6) is -0.950. The second-order valence-electron chi connectivity index (χ2n) is 2.38. The molecule has 0 heterocycles. The molecule has 0 aliphatic carbocycles. The largest absolute Gasteiger partial charge is 0.373 e. The van der Waals surface area contributed by atoms with Crippen LogP contribution in [0.1, 0.15) is 20.8 Å². The lowest BCUT2D eigenvalue weighted by Crippen LogP contribution is -2.06. The van der Waals surface area contributed by atoms with Gasteiger partial charge in [-0.05, 0) is 12.1 Å². The van der Waals surface area contributed by atoms with Crippen molar-refractivity contribution in [2.75, 3.05) is 0 Å². The molecule has 0 aliphatic rings. The zero-order valence-electron chi connectivity index (χ0n) is 6.71. The fraction of sp³-hybridized carbons (Fsp3) is 0.125. The second kappa shape index (κ2) is 4.84. The summed E-state index contributed by atoms with van der Waals surface area (Å²) in [7, 11) is 0. The van der Waals surface area contributed by atoms with Crippen molar-refractivity contribution < 1.29 is 14.9 Å². The van der Waals surface area contributed by atoms with Crippen LogP contribution in [0.25, 0.3) is 0 Å². The molecule has 0 spiro atoms. The predicted octanol–water partition coefficient (Wildman–Crippen LogP) is 3.45. The van der Waals surface area contributed by atoms with Gasteiger partial charge in [-0.1, -0.05) is 40.9 Å². The first-order valence-electron chi connectivity index (χ1n) is 3.50. The molecule has 76 valence electrons. The van der Waals surface area contributed by atoms with Crippen molar-refractivity contribution in [2.24, 2.45) is 0 Å². The van der Waals surface area contributed by atoms with Crippen LogP contribution in [0.3, 0.4) is 0 Å². The summed E-state index contributed by atoms with van der Waals surface area (Å²) in [4.78, 5) is 13.6. The Morgan fingerprint density at radius 2 is 2.07 bits per heavy atom. The minimum atomic E-state index is -0.960. The van der Waals surface area contributed by atoms with E-state index in [4.69, 9.17) is 40.1 Å². The van der Waals surface area contributed by atoms with E-state index in [1.165, 1.54) is 18.2 Å². The molecule has 0 aliphatic heterocycles. The number of alkyl halides is 2. The highest BCUT2D eigenvalue weighted by Crippen LogP contribution is 2.33. The SMILES string of the molecule is O=C(OO)c1cccc(Cl)c1C(Cl)Cl. The molecule has 0 atom stereocenters. The van der Waals surface area contributed by atoms with E-state index in [2.05, 4.69) is 4.89 Å². The number of benzene rings is 1. The van der Waals surface area contributed by atoms with Crippen molar-refractivity contribution in [1.82, 2.24) is 0 Å². The van der Waals surface area contributed by atoms with Crippen LogP contribution in [0, 0.1) is 0 Å². The van der Waals surface area contributed by atoms with E-state index < -0.39 is 10.8 Å². The normalized spacial score (nSPS) is 10.4. The Labute approximate surface area is 95.1 Å². The maximum absolute atomic E-state index is 11.0. The van der Waals surface area contributed by atoms with Crippen LogP contribution in [-0.2, 0) is 4.89 Å². The Kier molecular flexibility index (Phi) is 4.01. The number of hydrogen-bond acceptors (Lipinski definition) is 3. The van der Waals surface area contributed by atoms with Crippen molar-refractivity contribution in [3.63, 3.8) is 0 Å². The van der Waals surface area contributed by atoms with E-state index >= 15 is 0 Å². The van der Waals surface area contributed by atoms with Crippen molar-refractivity contribution in [1.29, 1.82) is 0 Å². The van der Waals surface area contributed by atoms with Gasteiger partial charge in [-0.25, -0.2) is 4.79 Å². The van der Waals surface area contributed by atoms with Crippen molar-refractivity contribution >= 4 is 40.8 Å². The lowest BCUT2D eigenvalue weighted by Gasteiger charge is -2.08. The zero-order valence-corrected chi connectivity index (χ0v) is 8.97. The van der Waals surface area contributed by atoms with E-state index in [1.807, 2.05) is 0 Å². The van der Waals surface area contributed by atoms with Gasteiger partial charge in [-0.15, -0.1) is 0 Å². The lowest BCUT2D eigenvalue weighted by atomic mass is 10.1. The quantitative estimate of drug-likeness (QED) is 0.500. The van der Waals surface area contributed by atoms with Crippen molar-refractivity contribution in [2.45, 2.75) is 4.84 Å². The molecule has 1 aromatic carbocycles. The molecule has 0 radical (unpaired) electrons. The number of carbonyl (C=O) groups excluding carboxylic acids is 1. The highest BCUT2D eigenvalue weighted by Gasteiger charge is 2.20. The van der Waals surface area contributed by atoms with Crippen LogP contribution < -0.4 is 0 Å². The summed E-state index contributed by atoms with van der Waals surface area (Å²) in [6, 6.07) is 4.45. The molecular weight excluding hydrogens is 250 g/mol. The second-order valence-corrected chi connectivity index (χ2v) is 3.88. The maximum Gasteiger partial charge on any atom is 0.373 e. The summed E-state index contributed by atoms with van der Waals surface area (Å²) in [6.45, 7) is 0. The third kappa shape index (κ3) is 2.30. The standard InChI is InChI=1S/C8H5Cl3O3/c9-5-3-1-2-4(8(12)14-13)6(5)7(10)11/h1-3,7,13H. The Morgan fingerprint density at radius 3 is 2.57 bits per heavy atom. The van der Waals surface area contributed by atoms with Gasteiger partial charge in [0, 0.05) is 10.6 Å². The first-order chi connectivity index (χ1) is 6.57. The van der Waals surface area contributed by atoms with Crippen LogP contribution in [-0.4, -0.2) is 11.2 Å². The van der Waals surface area contributed by atoms with Gasteiger partial charge in [0.1, 0.15) is 4.84 Å². The first-order valence-corrected chi connectivity index (χ1v) is 4.75. The van der Waals surface area contributed by atoms with Crippen LogP contribution >= 0.6 is 34.8 Å². The van der Waals surface area contributed by atoms with Gasteiger partial charge in [0.05, 0.1) is 5.56 Å². The lowest BCUT2D eigenvalue weighted by molar-refractivity contribution is -0.182. The van der Waals surface area contributed by atoms with E-state index in [1.54, 1.807) is 0 Å². The first kappa shape index (κ1) is 11.6. The zero-order chi connectivity index (χ0) is 10.7. The summed E-state index contributed by atoms with van der Waals surface area (Å²) < 4.78 is 0. The molecule has 0 saturated heterocycles. The minimum absolute atomic E-state index is 0.0370. The number of rotatable bonds is 2. The number of carbonyl (C=O) groups is 1. The van der Waals surface area contributed by atoms with Crippen LogP contribution in [0.5, 0.6) is 0 Å². The Balaban J connectivity index is 3.28. The van der Waals surface area contributed by atoms with Gasteiger partial charge in [-0.2, -0.15) is 5.26 Å². The number of hydrogen-bond donors (Lipinski definition) is 1. The molecule has 1 rings (SSSR count). The molecule has 1 aromatic rings. The van der Waals surface area contributed by atoms with E-state index in [0.717, 1.165) is 0 Å². The Hall–Kier alpha value is -0.480. The highest BCUT2D eigenvalue weighted by molar-refractivity contribution is 6.46. The molecule has 14 heavy (non-hydrogen) atoms. The van der Waals surface area contributed by atoms with Crippen LogP contribution in [0.2, 0.25) is 5.02 Å². The molecule has 0 unspecified atom stereocenters. The molecule has 0 fully saturated rings. The fourth-order valence-corrected chi connectivity index (χ4v) is 1.85. The molecule has 1 N–H and O–H groups in total. The topological polar surface area (TPSA) is 46.5 Å². The minimum Gasteiger partial charge on any atom is -0.295 e. The van der Waals surface area contributed by atoms with Crippen molar-refractivity contribution in [3.05, 3.63) is 34.3 Å². The van der Waals surface area contributed by atoms with E-state index in [0.29, 0.717) is 0 Å². The third-order valence-electron chi connectivity index (χ3n) is 1.57. The average molecular weight is 255 g/mol. The van der Waals surface area contributed by atoms with Gasteiger partial charge in [0.2, 0.25) is 0 Å². The van der Waals surface area contributed by atoms with E-state index in [9.17, 15) is 4.79 Å². The fourth-order valence-electron chi connectivity index (χ4n) is 0.986. The summed E-state index contributed by atoms with van der Waals surface area (Å²) in [5.41, 5.74) is 0.256. The molecule has 0 bridgehead atoms. The van der Waals surface area contributed by atoms with Gasteiger partial charge in [0.15, 0.2) is 0 Å².